The van der Waals surface area contributed by atoms with E-state index in [1.807, 2.05) is 0 Å². The Kier molecular flexibility index (Phi) is 3.15. The van der Waals surface area contributed by atoms with Crippen molar-refractivity contribution in [1.29, 1.82) is 0 Å². The molecule has 0 saturated heterocycles. The third-order valence-electron chi connectivity index (χ3n) is 0.641. The summed E-state index contributed by atoms with van der Waals surface area (Å²) in [7, 11) is -3.38. The van der Waals surface area contributed by atoms with Gasteiger partial charge in [0.05, 0.1) is 5.41 Å². The predicted octanol–water partition coefficient (Wildman–Crippen LogP) is -1.42. The van der Waals surface area contributed by atoms with Gasteiger partial charge in [-0.2, -0.15) is 0 Å². The molecular formula is C3H3CaNO3S. The van der Waals surface area contributed by atoms with Gasteiger partial charge in [0.15, 0.2) is 0 Å². The molecule has 0 aliphatic carbocycles. The van der Waals surface area contributed by atoms with Crippen LogP contribution in [0.1, 0.15) is 0 Å². The molecule has 0 atom stereocenters. The Morgan fingerprint density at radius 3 is 2.11 bits per heavy atom. The van der Waals surface area contributed by atoms with Crippen molar-refractivity contribution in [2.24, 2.45) is 0 Å². The number of rotatable bonds is 0. The zero-order valence-electron chi connectivity index (χ0n) is 4.49. The SMILES string of the molecule is O=C1C=CS(=O)(=O)N1.[Ca]. The topological polar surface area (TPSA) is 63.2 Å². The van der Waals surface area contributed by atoms with Crippen molar-refractivity contribution in [3.05, 3.63) is 11.5 Å². The molecule has 0 saturated carbocycles. The third-order valence-corrected chi connectivity index (χ3v) is 1.62. The van der Waals surface area contributed by atoms with Crippen LogP contribution in [0.15, 0.2) is 11.5 Å². The molecule has 0 aromatic heterocycles. The van der Waals surface area contributed by atoms with E-state index in [4.69, 9.17) is 0 Å². The van der Waals surface area contributed by atoms with E-state index in [0.29, 0.717) is 0 Å². The van der Waals surface area contributed by atoms with Gasteiger partial charge >= 0.3 is 0 Å². The minimum absolute atomic E-state index is 0. The number of sulfonamides is 1. The molecule has 0 unspecified atom stereocenters. The molecule has 1 heterocycles. The Hall–Kier alpha value is 0.420. The summed E-state index contributed by atoms with van der Waals surface area (Å²) < 4.78 is 22.2. The van der Waals surface area contributed by atoms with Gasteiger partial charge in [-0.15, -0.1) is 0 Å². The fourth-order valence-corrected chi connectivity index (χ4v) is 1.08. The summed E-state index contributed by atoms with van der Waals surface area (Å²) in [6, 6.07) is 0. The summed E-state index contributed by atoms with van der Waals surface area (Å²) in [4.78, 5) is 10.1. The van der Waals surface area contributed by atoms with Crippen molar-refractivity contribution in [3.8, 4) is 0 Å². The van der Waals surface area contributed by atoms with E-state index >= 15 is 0 Å². The summed E-state index contributed by atoms with van der Waals surface area (Å²) in [6.07, 6.45) is 0.968. The fraction of sp³-hybridized carbons (Fsp3) is 0. The summed E-state index contributed by atoms with van der Waals surface area (Å²) in [5, 5.41) is 0.829. The van der Waals surface area contributed by atoms with E-state index in [-0.39, 0.29) is 37.7 Å². The van der Waals surface area contributed by atoms with Crippen LogP contribution in [0.25, 0.3) is 0 Å². The number of amides is 1. The Balaban J connectivity index is 0.000000640. The molecule has 0 aromatic rings. The molecule has 1 amide bonds. The van der Waals surface area contributed by atoms with E-state index in [1.54, 1.807) is 4.72 Å². The number of carbonyl (C=O) groups is 1. The number of hydrogen-bond acceptors (Lipinski definition) is 3. The van der Waals surface area contributed by atoms with Crippen LogP contribution in [0, 0.1) is 0 Å². The molecule has 0 spiro atoms. The van der Waals surface area contributed by atoms with Crippen LogP contribution in [0.3, 0.4) is 0 Å². The zero-order chi connectivity index (χ0) is 6.20. The molecule has 0 fully saturated rings. The van der Waals surface area contributed by atoms with E-state index in [9.17, 15) is 13.2 Å². The van der Waals surface area contributed by atoms with E-state index < -0.39 is 15.9 Å². The zero-order valence-corrected chi connectivity index (χ0v) is 7.52. The summed E-state index contributed by atoms with van der Waals surface area (Å²) in [6.45, 7) is 0. The molecular weight excluding hydrogens is 170 g/mol. The van der Waals surface area contributed by atoms with Crippen LogP contribution in [-0.4, -0.2) is 52.1 Å². The maximum atomic E-state index is 10.2. The normalized spacial score (nSPS) is 20.7. The fourth-order valence-electron chi connectivity index (χ4n) is 0.360. The van der Waals surface area contributed by atoms with Gasteiger partial charge in [-0.3, -0.25) is 4.79 Å². The Bertz CT molecular complexity index is 242. The summed E-state index contributed by atoms with van der Waals surface area (Å²) >= 11 is 0. The average molecular weight is 173 g/mol. The number of nitrogens with one attached hydrogen (secondary N) is 1. The van der Waals surface area contributed by atoms with Gasteiger partial charge in [-0.05, 0) is 0 Å². The molecule has 4 nitrogen and oxygen atoms in total. The first-order valence-corrected chi connectivity index (χ1v) is 3.40. The molecule has 6 heteroatoms. The molecule has 1 rings (SSSR count). The van der Waals surface area contributed by atoms with Gasteiger partial charge in [0.1, 0.15) is 0 Å². The maximum Gasteiger partial charge on any atom is 0.258 e. The van der Waals surface area contributed by atoms with Gasteiger partial charge < -0.3 is 0 Å². The molecule has 1 aliphatic rings. The first kappa shape index (κ1) is 9.42. The van der Waals surface area contributed by atoms with E-state index in [1.165, 1.54) is 0 Å². The van der Waals surface area contributed by atoms with Gasteiger partial charge in [0.25, 0.3) is 15.9 Å². The van der Waals surface area contributed by atoms with Crippen LogP contribution < -0.4 is 4.72 Å². The second kappa shape index (κ2) is 3.01. The van der Waals surface area contributed by atoms with Crippen molar-refractivity contribution in [2.45, 2.75) is 0 Å². The third kappa shape index (κ3) is 2.66. The minimum Gasteiger partial charge on any atom is -0.269 e. The van der Waals surface area contributed by atoms with Crippen LogP contribution in [-0.2, 0) is 14.8 Å². The summed E-state index contributed by atoms with van der Waals surface area (Å²) in [5.74, 6) is -0.579. The molecule has 1 aliphatic heterocycles. The smallest absolute Gasteiger partial charge is 0.258 e. The Morgan fingerprint density at radius 1 is 1.44 bits per heavy atom. The van der Waals surface area contributed by atoms with Crippen LogP contribution in [0.5, 0.6) is 0 Å². The quantitative estimate of drug-likeness (QED) is 0.457. The summed E-state index contributed by atoms with van der Waals surface area (Å²) in [5.41, 5.74) is 0. The molecule has 0 aromatic carbocycles. The minimum atomic E-state index is -3.38. The second-order valence-corrected chi connectivity index (χ2v) is 2.88. The van der Waals surface area contributed by atoms with Crippen molar-refractivity contribution < 1.29 is 13.2 Å². The van der Waals surface area contributed by atoms with Crippen molar-refractivity contribution in [2.75, 3.05) is 0 Å². The predicted molar refractivity (Wildman–Crippen MR) is 32.0 cm³/mol. The molecule has 0 bridgehead atoms. The Labute approximate surface area is 82.4 Å². The molecule has 46 valence electrons. The number of hydrogen-bond donors (Lipinski definition) is 1. The first-order chi connectivity index (χ1) is 3.60. The van der Waals surface area contributed by atoms with Crippen LogP contribution >= 0.6 is 0 Å². The maximum absolute atomic E-state index is 10.2. The average Bonchev–Trinajstić information content (AvgIpc) is 1.82. The van der Waals surface area contributed by atoms with Crippen molar-refractivity contribution in [3.63, 3.8) is 0 Å². The van der Waals surface area contributed by atoms with Gasteiger partial charge in [-0.1, -0.05) is 0 Å². The van der Waals surface area contributed by atoms with Crippen molar-refractivity contribution >= 4 is 53.7 Å². The van der Waals surface area contributed by atoms with Crippen molar-refractivity contribution in [1.82, 2.24) is 4.72 Å². The van der Waals surface area contributed by atoms with Crippen LogP contribution in [0.4, 0.5) is 0 Å². The van der Waals surface area contributed by atoms with Crippen LogP contribution in [0.2, 0.25) is 0 Å². The molecule has 2 radical (unpaired) electrons. The Morgan fingerprint density at radius 2 is 2.00 bits per heavy atom. The van der Waals surface area contributed by atoms with E-state index in [2.05, 4.69) is 0 Å². The standard InChI is InChI=1S/C3H3NO3S.Ca/c5-3-1-2-8(6,7)4-3;/h1-2H,(H,4,5);. The second-order valence-electron chi connectivity index (χ2n) is 1.31. The van der Waals surface area contributed by atoms with Gasteiger partial charge in [0.2, 0.25) is 0 Å². The monoisotopic (exact) mass is 173 g/mol. The number of carbonyl (C=O) groups excluding carboxylic acids is 1. The first-order valence-electron chi connectivity index (χ1n) is 1.85. The van der Waals surface area contributed by atoms with Gasteiger partial charge in [-0.25, -0.2) is 13.1 Å². The van der Waals surface area contributed by atoms with Gasteiger partial charge in [0, 0.05) is 43.8 Å². The largest absolute Gasteiger partial charge is 0.269 e. The molecule has 9 heavy (non-hydrogen) atoms. The van der Waals surface area contributed by atoms with E-state index in [0.717, 1.165) is 11.5 Å². The molecule has 1 N–H and O–H groups in total.